The van der Waals surface area contributed by atoms with Crippen molar-refractivity contribution in [3.8, 4) is 0 Å². The quantitative estimate of drug-likeness (QED) is 0.752. The van der Waals surface area contributed by atoms with Crippen molar-refractivity contribution in [1.82, 2.24) is 5.32 Å². The summed E-state index contributed by atoms with van der Waals surface area (Å²) in [5, 5.41) is 3.28. The molecule has 1 N–H and O–H groups in total. The van der Waals surface area contributed by atoms with Crippen molar-refractivity contribution in [2.45, 2.75) is 33.6 Å². The number of hydrogen-bond acceptors (Lipinski definition) is 1. The molecule has 3 heteroatoms. The molecule has 0 saturated carbocycles. The molecule has 0 radical (unpaired) electrons. The van der Waals surface area contributed by atoms with Crippen LogP contribution in [0.4, 0.5) is 8.78 Å². The molecule has 0 unspecified atom stereocenters. The predicted molar refractivity (Wildman–Crippen MR) is 67.1 cm³/mol. The first-order chi connectivity index (χ1) is 8.02. The molecular formula is C14H21F2N. The fourth-order valence-electron chi connectivity index (χ4n) is 1.67. The topological polar surface area (TPSA) is 12.0 Å². The molecule has 0 aromatic heterocycles. The number of rotatable bonds is 6. The van der Waals surface area contributed by atoms with Crippen LogP contribution in [0.5, 0.6) is 0 Å². The summed E-state index contributed by atoms with van der Waals surface area (Å²) in [6, 6.07) is 3.31. The molecule has 0 fully saturated rings. The Morgan fingerprint density at radius 2 is 1.88 bits per heavy atom. The SMILES string of the molecule is Cc1ccc(CCCNCC(C)C)c(F)c1F. The average molecular weight is 241 g/mol. The van der Waals surface area contributed by atoms with E-state index in [0.29, 0.717) is 23.5 Å². The summed E-state index contributed by atoms with van der Waals surface area (Å²) >= 11 is 0. The number of halogens is 2. The average Bonchev–Trinajstić information content (AvgIpc) is 2.28. The first-order valence-corrected chi connectivity index (χ1v) is 6.16. The Morgan fingerprint density at radius 1 is 1.18 bits per heavy atom. The van der Waals surface area contributed by atoms with Crippen LogP contribution in [-0.2, 0) is 6.42 Å². The summed E-state index contributed by atoms with van der Waals surface area (Å²) in [7, 11) is 0. The van der Waals surface area contributed by atoms with Gasteiger partial charge in [-0.05, 0) is 49.9 Å². The molecule has 0 amide bonds. The molecule has 96 valence electrons. The van der Waals surface area contributed by atoms with Gasteiger partial charge in [0.25, 0.3) is 0 Å². The third-order valence-corrected chi connectivity index (χ3v) is 2.71. The van der Waals surface area contributed by atoms with Crippen molar-refractivity contribution in [3.05, 3.63) is 34.9 Å². The minimum Gasteiger partial charge on any atom is -0.316 e. The Hall–Kier alpha value is -0.960. The van der Waals surface area contributed by atoms with Gasteiger partial charge in [0, 0.05) is 0 Å². The van der Waals surface area contributed by atoms with Gasteiger partial charge in [-0.15, -0.1) is 0 Å². The Morgan fingerprint density at radius 3 is 2.53 bits per heavy atom. The van der Waals surface area contributed by atoms with E-state index < -0.39 is 11.6 Å². The Bertz CT molecular complexity index is 361. The molecule has 0 heterocycles. The fraction of sp³-hybridized carbons (Fsp3) is 0.571. The third-order valence-electron chi connectivity index (χ3n) is 2.71. The largest absolute Gasteiger partial charge is 0.316 e. The van der Waals surface area contributed by atoms with Gasteiger partial charge >= 0.3 is 0 Å². The van der Waals surface area contributed by atoms with Crippen molar-refractivity contribution in [2.75, 3.05) is 13.1 Å². The maximum Gasteiger partial charge on any atom is 0.162 e. The van der Waals surface area contributed by atoms with Gasteiger partial charge in [0.15, 0.2) is 11.6 Å². The molecule has 0 aliphatic heterocycles. The predicted octanol–water partition coefficient (Wildman–Crippen LogP) is 3.45. The lowest BCUT2D eigenvalue weighted by atomic mass is 10.1. The second-order valence-corrected chi connectivity index (χ2v) is 4.87. The van der Waals surface area contributed by atoms with Gasteiger partial charge in [0.05, 0.1) is 0 Å². The monoisotopic (exact) mass is 241 g/mol. The lowest BCUT2D eigenvalue weighted by molar-refractivity contribution is 0.489. The van der Waals surface area contributed by atoms with Crippen molar-refractivity contribution >= 4 is 0 Å². The highest BCUT2D eigenvalue weighted by molar-refractivity contribution is 5.25. The second kappa shape index (κ2) is 6.70. The molecule has 0 saturated heterocycles. The standard InChI is InChI=1S/C14H21F2N/c1-10(2)9-17-8-4-5-12-7-6-11(3)13(15)14(12)16/h6-7,10,17H,4-5,8-9H2,1-3H3. The van der Waals surface area contributed by atoms with Crippen LogP contribution in [0.1, 0.15) is 31.4 Å². The van der Waals surface area contributed by atoms with Crippen LogP contribution in [0.3, 0.4) is 0 Å². The highest BCUT2D eigenvalue weighted by Gasteiger charge is 2.10. The normalized spacial score (nSPS) is 11.2. The second-order valence-electron chi connectivity index (χ2n) is 4.87. The maximum absolute atomic E-state index is 13.5. The first-order valence-electron chi connectivity index (χ1n) is 6.16. The van der Waals surface area contributed by atoms with Gasteiger partial charge in [-0.1, -0.05) is 26.0 Å². The molecule has 1 aromatic rings. The van der Waals surface area contributed by atoms with Crippen LogP contribution in [0.15, 0.2) is 12.1 Å². The van der Waals surface area contributed by atoms with E-state index in [1.54, 1.807) is 19.1 Å². The molecule has 17 heavy (non-hydrogen) atoms. The van der Waals surface area contributed by atoms with E-state index in [9.17, 15) is 8.78 Å². The van der Waals surface area contributed by atoms with E-state index in [-0.39, 0.29) is 0 Å². The lowest BCUT2D eigenvalue weighted by Crippen LogP contribution is -2.21. The van der Waals surface area contributed by atoms with E-state index >= 15 is 0 Å². The van der Waals surface area contributed by atoms with Gasteiger partial charge in [-0.25, -0.2) is 8.78 Å². The van der Waals surface area contributed by atoms with E-state index in [1.807, 2.05) is 0 Å². The highest BCUT2D eigenvalue weighted by atomic mass is 19.2. The summed E-state index contributed by atoms with van der Waals surface area (Å²) in [5.41, 5.74) is 0.837. The van der Waals surface area contributed by atoms with Gasteiger partial charge in [0.2, 0.25) is 0 Å². The zero-order valence-corrected chi connectivity index (χ0v) is 10.8. The van der Waals surface area contributed by atoms with E-state index in [2.05, 4.69) is 19.2 Å². The Labute approximate surface area is 102 Å². The first kappa shape index (κ1) is 14.1. The molecule has 0 aliphatic rings. The van der Waals surface area contributed by atoms with Crippen molar-refractivity contribution in [2.24, 2.45) is 5.92 Å². The Kier molecular flexibility index (Phi) is 5.56. The number of aryl methyl sites for hydroxylation is 2. The zero-order valence-electron chi connectivity index (χ0n) is 10.8. The molecule has 0 spiro atoms. The summed E-state index contributed by atoms with van der Waals surface area (Å²) in [6.45, 7) is 7.66. The van der Waals surface area contributed by atoms with Gasteiger partial charge in [-0.3, -0.25) is 0 Å². The van der Waals surface area contributed by atoms with Crippen LogP contribution in [-0.4, -0.2) is 13.1 Å². The van der Waals surface area contributed by atoms with Crippen LogP contribution in [0, 0.1) is 24.5 Å². The van der Waals surface area contributed by atoms with Crippen molar-refractivity contribution in [1.29, 1.82) is 0 Å². The molecule has 0 aliphatic carbocycles. The Balaban J connectivity index is 2.40. The zero-order chi connectivity index (χ0) is 12.8. The summed E-state index contributed by atoms with van der Waals surface area (Å²) in [6.07, 6.45) is 1.40. The minimum absolute atomic E-state index is 0.365. The minimum atomic E-state index is -0.711. The van der Waals surface area contributed by atoms with Gasteiger partial charge in [-0.2, -0.15) is 0 Å². The van der Waals surface area contributed by atoms with E-state index in [1.165, 1.54) is 0 Å². The van der Waals surface area contributed by atoms with E-state index in [0.717, 1.165) is 19.5 Å². The smallest absolute Gasteiger partial charge is 0.162 e. The van der Waals surface area contributed by atoms with Crippen LogP contribution in [0.2, 0.25) is 0 Å². The van der Waals surface area contributed by atoms with Gasteiger partial charge < -0.3 is 5.32 Å². The maximum atomic E-state index is 13.5. The molecule has 0 bridgehead atoms. The summed E-state index contributed by atoms with van der Waals surface area (Å²) in [5.74, 6) is -0.782. The molecular weight excluding hydrogens is 220 g/mol. The van der Waals surface area contributed by atoms with Crippen LogP contribution in [0.25, 0.3) is 0 Å². The van der Waals surface area contributed by atoms with Gasteiger partial charge in [0.1, 0.15) is 0 Å². The summed E-state index contributed by atoms with van der Waals surface area (Å²) in [4.78, 5) is 0. The highest BCUT2D eigenvalue weighted by Crippen LogP contribution is 2.16. The van der Waals surface area contributed by atoms with Crippen LogP contribution >= 0.6 is 0 Å². The summed E-state index contributed by atoms with van der Waals surface area (Å²) < 4.78 is 26.8. The van der Waals surface area contributed by atoms with Crippen molar-refractivity contribution < 1.29 is 8.78 Å². The lowest BCUT2D eigenvalue weighted by Gasteiger charge is -2.08. The number of benzene rings is 1. The number of hydrogen-bond donors (Lipinski definition) is 1. The molecule has 1 aromatic carbocycles. The molecule has 1 rings (SSSR count). The number of nitrogens with one attached hydrogen (secondary N) is 1. The molecule has 1 nitrogen and oxygen atoms in total. The van der Waals surface area contributed by atoms with E-state index in [4.69, 9.17) is 0 Å². The molecule has 0 atom stereocenters. The third kappa shape index (κ3) is 4.43. The van der Waals surface area contributed by atoms with Crippen LogP contribution < -0.4 is 5.32 Å². The van der Waals surface area contributed by atoms with Crippen molar-refractivity contribution in [3.63, 3.8) is 0 Å². The fourth-order valence-corrected chi connectivity index (χ4v) is 1.67.